The molecule has 4 rings (SSSR count). The molecule has 136 valence electrons. The minimum absolute atomic E-state index is 0. The van der Waals surface area contributed by atoms with Gasteiger partial charge in [-0.15, -0.1) is 5.56 Å². The Balaban J connectivity index is 0.000000415. The second-order valence-electron chi connectivity index (χ2n) is 6.37. The van der Waals surface area contributed by atoms with Crippen LogP contribution < -0.4 is 24.8 Å². The first-order chi connectivity index (χ1) is 11.5. The molecule has 1 unspecified atom stereocenters. The van der Waals surface area contributed by atoms with Gasteiger partial charge in [-0.05, 0) is 6.42 Å². The molecule has 2 aromatic carbocycles. The Hall–Kier alpha value is -0.916. The number of benzene rings is 2. The third kappa shape index (κ3) is 7.76. The second-order valence-corrected chi connectivity index (χ2v) is 7.93. The maximum atomic E-state index is 3.30. The summed E-state index contributed by atoms with van der Waals surface area (Å²) in [4.78, 5) is 0. The zero-order valence-electron chi connectivity index (χ0n) is 15.7. The van der Waals surface area contributed by atoms with Gasteiger partial charge in [-0.25, -0.2) is 11.6 Å². The van der Waals surface area contributed by atoms with Crippen molar-refractivity contribution in [1.29, 1.82) is 0 Å². The van der Waals surface area contributed by atoms with Gasteiger partial charge in [-0.2, -0.15) is 35.9 Å². The van der Waals surface area contributed by atoms with Gasteiger partial charge in [0.25, 0.3) is 0 Å². The SMILES string of the molecule is CC1=[C-]C(C)C=C1.C[C](C)=[Ti+2].[Cl-].[Cl-].[c-]1cccc2c1Cc1ccccc1-2. The molecule has 0 fully saturated rings. The van der Waals surface area contributed by atoms with Crippen LogP contribution in [0.3, 0.4) is 0 Å². The number of halogens is 2. The van der Waals surface area contributed by atoms with Crippen molar-refractivity contribution in [3.63, 3.8) is 0 Å². The van der Waals surface area contributed by atoms with Crippen LogP contribution in [0.2, 0.25) is 0 Å². The van der Waals surface area contributed by atoms with Gasteiger partial charge in [0.05, 0.1) is 0 Å². The summed E-state index contributed by atoms with van der Waals surface area (Å²) in [7, 11) is 0. The summed E-state index contributed by atoms with van der Waals surface area (Å²) >= 11 is 2.08. The molecule has 1 atom stereocenters. The fourth-order valence-corrected chi connectivity index (χ4v) is 2.74. The Labute approximate surface area is 182 Å². The van der Waals surface area contributed by atoms with E-state index in [9.17, 15) is 0 Å². The molecule has 0 heterocycles. The van der Waals surface area contributed by atoms with E-state index in [0.29, 0.717) is 5.92 Å². The van der Waals surface area contributed by atoms with Gasteiger partial charge in [-0.1, -0.05) is 55.2 Å². The van der Waals surface area contributed by atoms with Crippen LogP contribution in [0, 0.1) is 18.1 Å². The summed E-state index contributed by atoms with van der Waals surface area (Å²) in [5.74, 6) is 0.556. The van der Waals surface area contributed by atoms with E-state index in [0.717, 1.165) is 6.42 Å². The number of hydrogen-bond donors (Lipinski definition) is 0. The van der Waals surface area contributed by atoms with E-state index in [1.54, 1.807) is 0 Å². The molecule has 0 nitrogen and oxygen atoms in total. The van der Waals surface area contributed by atoms with Gasteiger partial charge < -0.3 is 24.8 Å². The summed E-state index contributed by atoms with van der Waals surface area (Å²) in [6.07, 6.45) is 8.52. The van der Waals surface area contributed by atoms with Crippen molar-refractivity contribution >= 4 is 3.81 Å². The van der Waals surface area contributed by atoms with Gasteiger partial charge >= 0.3 is 37.6 Å². The molecular formula is C23H24Cl2Ti-2. The van der Waals surface area contributed by atoms with Crippen LogP contribution in [0.15, 0.2) is 60.2 Å². The van der Waals surface area contributed by atoms with Crippen LogP contribution in [-0.2, 0) is 26.4 Å². The first-order valence-electron chi connectivity index (χ1n) is 8.35. The number of allylic oxidation sites excluding steroid dienone is 4. The summed E-state index contributed by atoms with van der Waals surface area (Å²) in [5, 5.41) is 0. The fourth-order valence-electron chi connectivity index (χ4n) is 2.74. The molecule has 3 heteroatoms. The van der Waals surface area contributed by atoms with Gasteiger partial charge in [0, 0.05) is 0 Å². The van der Waals surface area contributed by atoms with Crippen LogP contribution in [0.1, 0.15) is 38.8 Å². The van der Waals surface area contributed by atoms with Crippen molar-refractivity contribution in [2.45, 2.75) is 34.1 Å². The molecule has 2 aliphatic rings. The minimum atomic E-state index is 0. The second kappa shape index (κ2) is 12.5. The third-order valence-corrected chi connectivity index (χ3v) is 3.71. The van der Waals surface area contributed by atoms with Crippen LogP contribution in [0.4, 0.5) is 0 Å². The molecule has 0 radical (unpaired) electrons. The van der Waals surface area contributed by atoms with E-state index < -0.39 is 0 Å². The average molecular weight is 419 g/mol. The van der Waals surface area contributed by atoms with Crippen molar-refractivity contribution < 1.29 is 44.8 Å². The Morgan fingerprint density at radius 2 is 1.65 bits per heavy atom. The van der Waals surface area contributed by atoms with E-state index in [2.05, 4.69) is 108 Å². The molecule has 0 spiro atoms. The van der Waals surface area contributed by atoms with E-state index in [4.69, 9.17) is 0 Å². The number of rotatable bonds is 0. The molecule has 26 heavy (non-hydrogen) atoms. The van der Waals surface area contributed by atoms with Crippen LogP contribution in [-0.4, -0.2) is 3.81 Å². The third-order valence-electron chi connectivity index (χ3n) is 3.71. The van der Waals surface area contributed by atoms with Gasteiger partial charge in [0.2, 0.25) is 0 Å². The Kier molecular flexibility index (Phi) is 12.0. The molecule has 0 bridgehead atoms. The first-order valence-corrected chi connectivity index (χ1v) is 9.13. The summed E-state index contributed by atoms with van der Waals surface area (Å²) in [6.45, 7) is 8.37. The smallest absolute Gasteiger partial charge is 0.0253 e. The van der Waals surface area contributed by atoms with Crippen molar-refractivity contribution in [1.82, 2.24) is 0 Å². The summed E-state index contributed by atoms with van der Waals surface area (Å²) in [5.41, 5.74) is 6.78. The van der Waals surface area contributed by atoms with E-state index >= 15 is 0 Å². The van der Waals surface area contributed by atoms with Crippen LogP contribution >= 0.6 is 0 Å². The van der Waals surface area contributed by atoms with Gasteiger partial charge in [0.1, 0.15) is 0 Å². The first kappa shape index (κ1) is 25.1. The Morgan fingerprint density at radius 3 is 2.19 bits per heavy atom. The molecule has 0 N–H and O–H groups in total. The predicted octanol–water partition coefficient (Wildman–Crippen LogP) is -0.247. The van der Waals surface area contributed by atoms with E-state index in [1.807, 2.05) is 6.07 Å². The van der Waals surface area contributed by atoms with Crippen molar-refractivity contribution in [3.8, 4) is 11.1 Å². The maximum absolute atomic E-state index is 3.30. The van der Waals surface area contributed by atoms with E-state index in [1.165, 1.54) is 31.6 Å². The summed E-state index contributed by atoms with van der Waals surface area (Å²) in [6, 6.07) is 18.1. The Morgan fingerprint density at radius 1 is 1.04 bits per heavy atom. The standard InChI is InChI=1S/C13H9.C7H9.C3H6.2ClH.Ti/c1-3-7-12-10(5-1)9-11-6-2-4-8-13(11)12;1-6-3-4-7(2)5-6;1-3-2;;;/h1-5,7-8H,9H2;3-4,6H,1-2H3;1-2H3;2*1H;/q2*-1;;;;+2/p-2. The molecule has 0 aliphatic heterocycles. The fraction of sp³-hybridized carbons (Fsp3) is 0.261. The van der Waals surface area contributed by atoms with Crippen molar-refractivity contribution in [2.75, 3.05) is 0 Å². The molecule has 2 aromatic rings. The van der Waals surface area contributed by atoms with Crippen LogP contribution in [0.25, 0.3) is 11.1 Å². The molecule has 0 amide bonds. The van der Waals surface area contributed by atoms with Gasteiger partial charge in [-0.3, -0.25) is 6.08 Å². The minimum Gasteiger partial charge on any atom is -1.00 e. The largest absolute Gasteiger partial charge is 1.00 e. The van der Waals surface area contributed by atoms with Crippen molar-refractivity contribution in [2.24, 2.45) is 5.92 Å². The van der Waals surface area contributed by atoms with E-state index in [-0.39, 0.29) is 24.8 Å². The average Bonchev–Trinajstić information content (AvgIpc) is 3.10. The van der Waals surface area contributed by atoms with Gasteiger partial charge in [0.15, 0.2) is 0 Å². The number of fused-ring (bicyclic) bond motifs is 3. The topological polar surface area (TPSA) is 0 Å². The summed E-state index contributed by atoms with van der Waals surface area (Å²) < 4.78 is 1.42. The monoisotopic (exact) mass is 418 g/mol. The normalized spacial score (nSPS) is 14.8. The maximum Gasteiger partial charge on any atom is -0.0253 e. The number of hydrogen-bond acceptors (Lipinski definition) is 0. The Bertz CT molecular complexity index is 728. The molecular weight excluding hydrogens is 395 g/mol. The molecule has 0 saturated carbocycles. The molecule has 0 aromatic heterocycles. The predicted molar refractivity (Wildman–Crippen MR) is 101 cm³/mol. The quantitative estimate of drug-likeness (QED) is 0.349. The van der Waals surface area contributed by atoms with Crippen LogP contribution in [0.5, 0.6) is 0 Å². The molecule has 2 aliphatic carbocycles. The molecule has 0 saturated heterocycles. The zero-order chi connectivity index (χ0) is 17.5. The van der Waals surface area contributed by atoms with Crippen molar-refractivity contribution in [3.05, 3.63) is 83.5 Å². The zero-order valence-corrected chi connectivity index (χ0v) is 18.8.